The van der Waals surface area contributed by atoms with Gasteiger partial charge in [0.15, 0.2) is 5.78 Å². The summed E-state index contributed by atoms with van der Waals surface area (Å²) in [7, 11) is 1.69. The standard InChI is InChI=1S/C13H17N3O4/c1-7(14)12(9(3)17)11(18)6-20-13(19)10-5-15-16(4)8(10)2/h5,14,18H,6H2,1-4H3/b12-11-,14-7?. The van der Waals surface area contributed by atoms with Gasteiger partial charge >= 0.3 is 5.97 Å². The van der Waals surface area contributed by atoms with Crippen LogP contribution in [0.25, 0.3) is 0 Å². The zero-order valence-electron chi connectivity index (χ0n) is 11.9. The number of aryl methyl sites for hydroxylation is 1. The van der Waals surface area contributed by atoms with Crippen molar-refractivity contribution in [3.63, 3.8) is 0 Å². The van der Waals surface area contributed by atoms with E-state index < -0.39 is 24.1 Å². The number of carbonyl (C=O) groups is 2. The zero-order chi connectivity index (χ0) is 15.4. The van der Waals surface area contributed by atoms with E-state index in [4.69, 9.17) is 10.1 Å². The molecular formula is C13H17N3O4. The molecule has 0 aliphatic heterocycles. The lowest BCUT2D eigenvalue weighted by Crippen LogP contribution is -2.15. The van der Waals surface area contributed by atoms with Gasteiger partial charge in [-0.15, -0.1) is 0 Å². The Hall–Kier alpha value is -2.44. The second-order valence-corrected chi connectivity index (χ2v) is 4.35. The van der Waals surface area contributed by atoms with Crippen molar-refractivity contribution >= 4 is 17.5 Å². The number of esters is 1. The SMILES string of the molecule is CC(=N)/C(C(C)=O)=C(/O)COC(=O)c1cnn(C)c1C. The van der Waals surface area contributed by atoms with E-state index in [0.717, 1.165) is 0 Å². The van der Waals surface area contributed by atoms with Crippen LogP contribution < -0.4 is 0 Å². The Morgan fingerprint density at radius 3 is 2.45 bits per heavy atom. The number of ether oxygens (including phenoxy) is 1. The first-order valence-electron chi connectivity index (χ1n) is 5.90. The topological polar surface area (TPSA) is 105 Å². The highest BCUT2D eigenvalue weighted by Gasteiger charge is 2.18. The molecule has 0 bridgehead atoms. The minimum absolute atomic E-state index is 0.0800. The van der Waals surface area contributed by atoms with E-state index in [1.54, 1.807) is 14.0 Å². The van der Waals surface area contributed by atoms with Gasteiger partial charge in [0.25, 0.3) is 0 Å². The van der Waals surface area contributed by atoms with Crippen molar-refractivity contribution in [2.75, 3.05) is 6.61 Å². The third-order valence-electron chi connectivity index (χ3n) is 2.81. The summed E-state index contributed by atoms with van der Waals surface area (Å²) in [5.74, 6) is -1.53. The highest BCUT2D eigenvalue weighted by molar-refractivity contribution is 6.19. The van der Waals surface area contributed by atoms with Gasteiger partial charge < -0.3 is 15.3 Å². The quantitative estimate of drug-likeness (QED) is 0.366. The number of aliphatic hydroxyl groups excluding tert-OH is 1. The summed E-state index contributed by atoms with van der Waals surface area (Å²) >= 11 is 0. The van der Waals surface area contributed by atoms with Gasteiger partial charge in [0.1, 0.15) is 17.9 Å². The third-order valence-corrected chi connectivity index (χ3v) is 2.81. The first kappa shape index (κ1) is 15.6. The Morgan fingerprint density at radius 2 is 2.05 bits per heavy atom. The molecule has 0 spiro atoms. The first-order valence-corrected chi connectivity index (χ1v) is 5.90. The number of nitrogens with zero attached hydrogens (tertiary/aromatic N) is 2. The van der Waals surface area contributed by atoms with Gasteiger partial charge in [-0.05, 0) is 20.8 Å². The number of hydrogen-bond donors (Lipinski definition) is 2. The normalized spacial score (nSPS) is 11.8. The maximum Gasteiger partial charge on any atom is 0.342 e. The molecule has 0 aliphatic rings. The number of aromatic nitrogens is 2. The number of ketones is 1. The van der Waals surface area contributed by atoms with Crippen LogP contribution in [0.3, 0.4) is 0 Å². The predicted octanol–water partition coefficient (Wildman–Crippen LogP) is 1.33. The van der Waals surface area contributed by atoms with Crippen LogP contribution in [0.2, 0.25) is 0 Å². The fraction of sp³-hybridized carbons (Fsp3) is 0.385. The number of aliphatic hydroxyl groups is 1. The van der Waals surface area contributed by atoms with Gasteiger partial charge in [-0.25, -0.2) is 4.79 Å². The summed E-state index contributed by atoms with van der Waals surface area (Å²) < 4.78 is 6.44. The summed E-state index contributed by atoms with van der Waals surface area (Å²) in [6.07, 6.45) is 1.37. The Kier molecular flexibility index (Phi) is 4.79. The maximum absolute atomic E-state index is 11.8. The van der Waals surface area contributed by atoms with Gasteiger partial charge in [0.2, 0.25) is 0 Å². The fourth-order valence-corrected chi connectivity index (χ4v) is 1.67. The summed E-state index contributed by atoms with van der Waals surface area (Å²) in [6.45, 7) is 3.86. The van der Waals surface area contributed by atoms with E-state index in [9.17, 15) is 14.7 Å². The molecule has 0 aromatic carbocycles. The van der Waals surface area contributed by atoms with Crippen LogP contribution in [0.15, 0.2) is 17.5 Å². The molecule has 0 unspecified atom stereocenters. The molecule has 7 nitrogen and oxygen atoms in total. The Morgan fingerprint density at radius 1 is 1.45 bits per heavy atom. The number of Topliss-reactive ketones (excluding diaryl/α,β-unsaturated/α-hetero) is 1. The number of allylic oxidation sites excluding steroid dienone is 1. The smallest absolute Gasteiger partial charge is 0.342 e. The summed E-state index contributed by atoms with van der Waals surface area (Å²) in [6, 6.07) is 0. The van der Waals surface area contributed by atoms with Crippen LogP contribution in [-0.4, -0.2) is 39.0 Å². The van der Waals surface area contributed by atoms with Crippen molar-refractivity contribution in [1.82, 2.24) is 9.78 Å². The van der Waals surface area contributed by atoms with Crippen molar-refractivity contribution in [2.45, 2.75) is 20.8 Å². The highest BCUT2D eigenvalue weighted by Crippen LogP contribution is 2.10. The summed E-state index contributed by atoms with van der Waals surface area (Å²) in [5.41, 5.74) is 0.703. The molecule has 20 heavy (non-hydrogen) atoms. The minimum atomic E-state index is -0.646. The molecule has 0 aliphatic carbocycles. The molecule has 0 saturated heterocycles. The number of rotatable bonds is 5. The highest BCUT2D eigenvalue weighted by atomic mass is 16.5. The van der Waals surface area contributed by atoms with Crippen LogP contribution >= 0.6 is 0 Å². The fourth-order valence-electron chi connectivity index (χ4n) is 1.67. The van der Waals surface area contributed by atoms with E-state index >= 15 is 0 Å². The summed E-state index contributed by atoms with van der Waals surface area (Å²) in [4.78, 5) is 23.1. The van der Waals surface area contributed by atoms with Crippen LogP contribution in [0.1, 0.15) is 29.9 Å². The molecule has 1 aromatic heterocycles. The van der Waals surface area contributed by atoms with Crippen molar-refractivity contribution in [1.29, 1.82) is 5.41 Å². The molecule has 1 aromatic rings. The molecule has 0 radical (unpaired) electrons. The molecule has 7 heteroatoms. The molecule has 0 amide bonds. The monoisotopic (exact) mass is 279 g/mol. The molecule has 0 atom stereocenters. The van der Waals surface area contributed by atoms with E-state index in [1.807, 2.05) is 0 Å². The minimum Gasteiger partial charge on any atom is -0.508 e. The van der Waals surface area contributed by atoms with E-state index in [-0.39, 0.29) is 16.8 Å². The molecule has 108 valence electrons. The Balaban J connectivity index is 2.84. The van der Waals surface area contributed by atoms with Crippen LogP contribution in [-0.2, 0) is 16.6 Å². The van der Waals surface area contributed by atoms with Gasteiger partial charge in [0.05, 0.1) is 11.8 Å². The lowest BCUT2D eigenvalue weighted by atomic mass is 10.1. The lowest BCUT2D eigenvalue weighted by molar-refractivity contribution is -0.113. The zero-order valence-corrected chi connectivity index (χ0v) is 11.9. The molecule has 0 saturated carbocycles. The van der Waals surface area contributed by atoms with E-state index in [1.165, 1.54) is 24.7 Å². The second-order valence-electron chi connectivity index (χ2n) is 4.35. The lowest BCUT2D eigenvalue weighted by Gasteiger charge is -2.08. The van der Waals surface area contributed by atoms with E-state index in [0.29, 0.717) is 5.69 Å². The predicted molar refractivity (Wildman–Crippen MR) is 72.0 cm³/mol. The third kappa shape index (κ3) is 3.31. The average molecular weight is 279 g/mol. The number of carbonyl (C=O) groups excluding carboxylic acids is 2. The molecule has 0 fully saturated rings. The van der Waals surface area contributed by atoms with E-state index in [2.05, 4.69) is 5.10 Å². The van der Waals surface area contributed by atoms with Gasteiger partial charge in [-0.3, -0.25) is 9.48 Å². The molecule has 1 heterocycles. The van der Waals surface area contributed by atoms with Gasteiger partial charge in [0, 0.05) is 18.5 Å². The summed E-state index contributed by atoms with van der Waals surface area (Å²) in [5, 5.41) is 21.1. The second kappa shape index (κ2) is 6.14. The Labute approximate surface area is 116 Å². The first-order chi connectivity index (χ1) is 9.25. The van der Waals surface area contributed by atoms with Crippen molar-refractivity contribution < 1.29 is 19.4 Å². The van der Waals surface area contributed by atoms with Crippen molar-refractivity contribution in [3.05, 3.63) is 28.8 Å². The van der Waals surface area contributed by atoms with Crippen LogP contribution in [0, 0.1) is 12.3 Å². The molecule has 2 N–H and O–H groups in total. The number of nitrogens with one attached hydrogen (secondary N) is 1. The number of hydrogen-bond acceptors (Lipinski definition) is 6. The maximum atomic E-state index is 11.8. The van der Waals surface area contributed by atoms with Crippen molar-refractivity contribution in [2.24, 2.45) is 7.05 Å². The van der Waals surface area contributed by atoms with Gasteiger partial charge in [-0.1, -0.05) is 0 Å². The molecule has 1 rings (SSSR count). The van der Waals surface area contributed by atoms with Gasteiger partial charge in [-0.2, -0.15) is 5.10 Å². The van der Waals surface area contributed by atoms with Crippen molar-refractivity contribution in [3.8, 4) is 0 Å². The van der Waals surface area contributed by atoms with Crippen LogP contribution in [0.5, 0.6) is 0 Å². The van der Waals surface area contributed by atoms with Crippen LogP contribution in [0.4, 0.5) is 0 Å². The molecular weight excluding hydrogens is 262 g/mol. The Bertz CT molecular complexity index is 583. The average Bonchev–Trinajstić information content (AvgIpc) is 2.66. The largest absolute Gasteiger partial charge is 0.508 e.